The minimum absolute atomic E-state index is 0.0479. The van der Waals surface area contributed by atoms with Crippen molar-refractivity contribution in [3.8, 4) is 0 Å². The lowest BCUT2D eigenvalue weighted by Gasteiger charge is -2.25. The highest BCUT2D eigenvalue weighted by atomic mass is 16.5. The molecule has 0 radical (unpaired) electrons. The molecule has 0 aliphatic rings. The van der Waals surface area contributed by atoms with E-state index in [1.165, 1.54) is 0 Å². The molecule has 0 saturated heterocycles. The summed E-state index contributed by atoms with van der Waals surface area (Å²) in [5.41, 5.74) is 5.05. The maximum absolute atomic E-state index is 12.1. The van der Waals surface area contributed by atoms with Gasteiger partial charge in [-0.2, -0.15) is 0 Å². The van der Waals surface area contributed by atoms with Crippen LogP contribution in [-0.2, 0) is 16.1 Å². The van der Waals surface area contributed by atoms with E-state index in [0.717, 1.165) is 11.3 Å². The second-order valence-electron chi connectivity index (χ2n) is 4.89. The fourth-order valence-corrected chi connectivity index (χ4v) is 2.08. The zero-order valence-corrected chi connectivity index (χ0v) is 12.9. The van der Waals surface area contributed by atoms with Crippen LogP contribution in [0.1, 0.15) is 18.9 Å². The van der Waals surface area contributed by atoms with Gasteiger partial charge in [0.25, 0.3) is 0 Å². The van der Waals surface area contributed by atoms with E-state index in [1.807, 2.05) is 72.6 Å². The average molecular weight is 298 g/mol. The van der Waals surface area contributed by atoms with Gasteiger partial charge in [-0.3, -0.25) is 15.2 Å². The number of rotatable bonds is 8. The summed E-state index contributed by atoms with van der Waals surface area (Å²) < 4.78 is 5.23. The lowest BCUT2D eigenvalue weighted by Crippen LogP contribution is -2.42. The molecule has 2 rings (SSSR count). The van der Waals surface area contributed by atoms with E-state index < -0.39 is 0 Å². The Morgan fingerprint density at radius 3 is 2.32 bits per heavy atom. The monoisotopic (exact) mass is 298 g/mol. The van der Waals surface area contributed by atoms with Crippen molar-refractivity contribution in [1.29, 1.82) is 0 Å². The molecule has 0 saturated carbocycles. The first-order valence-electron chi connectivity index (χ1n) is 7.53. The summed E-state index contributed by atoms with van der Waals surface area (Å²) in [7, 11) is 0. The maximum Gasteiger partial charge on any atom is 0.240 e. The molecule has 0 bridgehead atoms. The average Bonchev–Trinajstić information content (AvgIpc) is 2.56. The molecule has 0 fully saturated rings. The van der Waals surface area contributed by atoms with Crippen LogP contribution in [0.5, 0.6) is 0 Å². The minimum Gasteiger partial charge on any atom is -0.381 e. The van der Waals surface area contributed by atoms with E-state index in [4.69, 9.17) is 4.74 Å². The van der Waals surface area contributed by atoms with Gasteiger partial charge in [0.15, 0.2) is 0 Å². The summed E-state index contributed by atoms with van der Waals surface area (Å²) in [5, 5.41) is 1.86. The van der Waals surface area contributed by atoms with E-state index in [2.05, 4.69) is 5.43 Å². The second kappa shape index (κ2) is 8.85. The molecule has 1 amide bonds. The molecule has 4 nitrogen and oxygen atoms in total. The van der Waals surface area contributed by atoms with Crippen molar-refractivity contribution < 1.29 is 9.53 Å². The molecule has 2 aromatic carbocycles. The predicted molar refractivity (Wildman–Crippen MR) is 88.3 cm³/mol. The Balaban J connectivity index is 2.04. The number of ether oxygens (including phenoxy) is 1. The van der Waals surface area contributed by atoms with E-state index in [-0.39, 0.29) is 5.91 Å². The van der Waals surface area contributed by atoms with Crippen LogP contribution in [0.15, 0.2) is 60.7 Å². The van der Waals surface area contributed by atoms with Crippen LogP contribution >= 0.6 is 0 Å². The molecule has 4 heteroatoms. The van der Waals surface area contributed by atoms with Crippen molar-refractivity contribution in [2.24, 2.45) is 0 Å². The number of carbonyl (C=O) groups excluding carboxylic acids is 1. The Morgan fingerprint density at radius 2 is 1.68 bits per heavy atom. The zero-order valence-electron chi connectivity index (χ0n) is 12.9. The van der Waals surface area contributed by atoms with Crippen molar-refractivity contribution in [3.05, 3.63) is 66.2 Å². The van der Waals surface area contributed by atoms with Crippen molar-refractivity contribution in [2.45, 2.75) is 19.9 Å². The summed E-state index contributed by atoms with van der Waals surface area (Å²) in [5.74, 6) is -0.0479. The predicted octanol–water partition coefficient (Wildman–Crippen LogP) is 3.15. The molecule has 0 aromatic heterocycles. The van der Waals surface area contributed by atoms with Gasteiger partial charge >= 0.3 is 0 Å². The highest BCUT2D eigenvalue weighted by molar-refractivity contribution is 5.78. The third-order valence-electron chi connectivity index (χ3n) is 3.19. The number of hydrogen-bond donors (Lipinski definition) is 1. The summed E-state index contributed by atoms with van der Waals surface area (Å²) in [6.07, 6.45) is 0.353. The molecule has 0 heterocycles. The SMILES string of the molecule is CCOCCC(=O)NN(Cc1ccccc1)c1ccccc1. The van der Waals surface area contributed by atoms with Crippen LogP contribution in [0.2, 0.25) is 0 Å². The number of hydrazine groups is 1. The second-order valence-corrected chi connectivity index (χ2v) is 4.89. The largest absolute Gasteiger partial charge is 0.381 e. The van der Waals surface area contributed by atoms with Gasteiger partial charge in [-0.1, -0.05) is 48.5 Å². The van der Waals surface area contributed by atoms with Gasteiger partial charge in [0.05, 0.1) is 25.3 Å². The van der Waals surface area contributed by atoms with E-state index in [0.29, 0.717) is 26.2 Å². The van der Waals surface area contributed by atoms with Gasteiger partial charge in [-0.25, -0.2) is 0 Å². The van der Waals surface area contributed by atoms with Crippen LogP contribution < -0.4 is 10.4 Å². The van der Waals surface area contributed by atoms with Crippen molar-refractivity contribution in [2.75, 3.05) is 18.2 Å². The Morgan fingerprint density at radius 1 is 1.05 bits per heavy atom. The molecule has 0 atom stereocenters. The summed E-state index contributed by atoms with van der Waals surface area (Å²) in [6, 6.07) is 19.9. The summed E-state index contributed by atoms with van der Waals surface area (Å²) in [4.78, 5) is 12.1. The summed E-state index contributed by atoms with van der Waals surface area (Å²) >= 11 is 0. The molecule has 22 heavy (non-hydrogen) atoms. The molecule has 116 valence electrons. The van der Waals surface area contributed by atoms with Gasteiger partial charge in [0, 0.05) is 6.61 Å². The van der Waals surface area contributed by atoms with Crippen LogP contribution in [0.3, 0.4) is 0 Å². The third kappa shape index (κ3) is 5.22. The molecule has 0 aliphatic carbocycles. The molecular formula is C18H22N2O2. The maximum atomic E-state index is 12.1. The van der Waals surface area contributed by atoms with Crippen molar-refractivity contribution in [3.63, 3.8) is 0 Å². The molecule has 0 aliphatic heterocycles. The molecule has 2 aromatic rings. The standard InChI is InChI=1S/C18H22N2O2/c1-2-22-14-13-18(21)19-20(17-11-7-4-8-12-17)15-16-9-5-3-6-10-16/h3-12H,2,13-15H2,1H3,(H,19,21). The number of hydrogen-bond acceptors (Lipinski definition) is 3. The normalized spacial score (nSPS) is 10.2. The molecule has 0 spiro atoms. The zero-order chi connectivity index (χ0) is 15.6. The van der Waals surface area contributed by atoms with E-state index in [9.17, 15) is 4.79 Å². The van der Waals surface area contributed by atoms with Crippen molar-refractivity contribution >= 4 is 11.6 Å². The van der Waals surface area contributed by atoms with Crippen LogP contribution in [0.4, 0.5) is 5.69 Å². The Kier molecular flexibility index (Phi) is 6.45. The number of nitrogens with one attached hydrogen (secondary N) is 1. The fourth-order valence-electron chi connectivity index (χ4n) is 2.08. The number of anilines is 1. The molecule has 1 N–H and O–H groups in total. The van der Waals surface area contributed by atoms with Gasteiger partial charge in [0.1, 0.15) is 0 Å². The molecular weight excluding hydrogens is 276 g/mol. The van der Waals surface area contributed by atoms with E-state index >= 15 is 0 Å². The Bertz CT molecular complexity index is 558. The van der Waals surface area contributed by atoms with Crippen LogP contribution in [0.25, 0.3) is 0 Å². The summed E-state index contributed by atoms with van der Waals surface area (Å²) in [6.45, 7) is 3.60. The number of nitrogens with zero attached hydrogens (tertiary/aromatic N) is 1. The third-order valence-corrected chi connectivity index (χ3v) is 3.19. The number of para-hydroxylation sites is 1. The lowest BCUT2D eigenvalue weighted by atomic mass is 10.2. The van der Waals surface area contributed by atoms with Gasteiger partial charge in [-0.15, -0.1) is 0 Å². The highest BCUT2D eigenvalue weighted by Crippen LogP contribution is 2.14. The van der Waals surface area contributed by atoms with Gasteiger partial charge in [0.2, 0.25) is 5.91 Å². The van der Waals surface area contributed by atoms with Gasteiger partial charge < -0.3 is 4.74 Å². The highest BCUT2D eigenvalue weighted by Gasteiger charge is 2.10. The smallest absolute Gasteiger partial charge is 0.240 e. The first-order valence-corrected chi connectivity index (χ1v) is 7.53. The lowest BCUT2D eigenvalue weighted by molar-refractivity contribution is -0.122. The molecule has 0 unspecified atom stereocenters. The van der Waals surface area contributed by atoms with Crippen LogP contribution in [0, 0.1) is 0 Å². The minimum atomic E-state index is -0.0479. The van der Waals surface area contributed by atoms with E-state index in [1.54, 1.807) is 0 Å². The van der Waals surface area contributed by atoms with Crippen LogP contribution in [-0.4, -0.2) is 19.1 Å². The topological polar surface area (TPSA) is 41.6 Å². The fraction of sp³-hybridized carbons (Fsp3) is 0.278. The quantitative estimate of drug-likeness (QED) is 0.601. The number of benzene rings is 2. The number of amides is 1. The first kappa shape index (κ1) is 16.0. The van der Waals surface area contributed by atoms with Gasteiger partial charge in [-0.05, 0) is 24.6 Å². The number of carbonyl (C=O) groups is 1. The Hall–Kier alpha value is -2.33. The Labute approximate surface area is 131 Å². The first-order chi connectivity index (χ1) is 10.8. The van der Waals surface area contributed by atoms with Crippen molar-refractivity contribution in [1.82, 2.24) is 5.43 Å².